The lowest BCUT2D eigenvalue weighted by atomic mass is 10.2. The molecule has 0 aliphatic carbocycles. The summed E-state index contributed by atoms with van der Waals surface area (Å²) in [6.07, 6.45) is 0.562. The van der Waals surface area contributed by atoms with Gasteiger partial charge in [-0.3, -0.25) is 0 Å². The number of nitrogens with one attached hydrogen (secondary N) is 1. The van der Waals surface area contributed by atoms with Gasteiger partial charge in [-0.1, -0.05) is 0 Å². The number of carboxylic acids is 1. The van der Waals surface area contributed by atoms with Crippen LogP contribution in [0.4, 0.5) is 4.39 Å². The minimum Gasteiger partial charge on any atom is -0.478 e. The Bertz CT molecular complexity index is 589. The van der Waals surface area contributed by atoms with Crippen molar-refractivity contribution in [2.75, 3.05) is 27.2 Å². The average Bonchev–Trinajstić information content (AvgIpc) is 2.38. The number of rotatable bonds is 7. The fourth-order valence-corrected chi connectivity index (χ4v) is 2.90. The Morgan fingerprint density at radius 3 is 2.65 bits per heavy atom. The molecule has 8 heteroatoms. The smallest absolute Gasteiger partial charge is 0.335 e. The molecule has 0 aliphatic rings. The van der Waals surface area contributed by atoms with E-state index in [1.54, 1.807) is 7.05 Å². The number of benzene rings is 1. The van der Waals surface area contributed by atoms with E-state index in [1.165, 1.54) is 7.05 Å². The summed E-state index contributed by atoms with van der Waals surface area (Å²) in [6, 6.07) is 2.71. The van der Waals surface area contributed by atoms with Crippen LogP contribution in [0.1, 0.15) is 16.8 Å². The number of carbonyl (C=O) groups is 1. The van der Waals surface area contributed by atoms with Crippen molar-refractivity contribution >= 4 is 16.0 Å². The molecule has 0 saturated heterocycles. The van der Waals surface area contributed by atoms with Crippen LogP contribution in [0.15, 0.2) is 23.1 Å². The molecule has 0 spiro atoms. The van der Waals surface area contributed by atoms with Gasteiger partial charge in [0.05, 0.1) is 5.56 Å². The van der Waals surface area contributed by atoms with E-state index in [0.29, 0.717) is 13.0 Å². The standard InChI is InChI=1S/C12H17FN2O4S/c1-14-6-3-7-15(2)20(18,19)11-8-9(12(16)17)4-5-10(11)13/h4-5,8,14H,3,6-7H2,1-2H3,(H,16,17). The summed E-state index contributed by atoms with van der Waals surface area (Å²) in [5, 5.41) is 11.7. The van der Waals surface area contributed by atoms with Gasteiger partial charge in [0.2, 0.25) is 10.0 Å². The van der Waals surface area contributed by atoms with Crippen LogP contribution in [0, 0.1) is 5.82 Å². The van der Waals surface area contributed by atoms with Crippen molar-refractivity contribution < 1.29 is 22.7 Å². The minimum absolute atomic E-state index is 0.208. The van der Waals surface area contributed by atoms with E-state index < -0.39 is 26.7 Å². The zero-order valence-corrected chi connectivity index (χ0v) is 12.1. The molecule has 0 aromatic heterocycles. The van der Waals surface area contributed by atoms with Crippen molar-refractivity contribution in [1.29, 1.82) is 0 Å². The van der Waals surface area contributed by atoms with Crippen LogP contribution in [0.25, 0.3) is 0 Å². The van der Waals surface area contributed by atoms with E-state index in [0.717, 1.165) is 22.5 Å². The zero-order chi connectivity index (χ0) is 15.3. The number of halogens is 1. The first-order valence-electron chi connectivity index (χ1n) is 5.94. The van der Waals surface area contributed by atoms with Gasteiger partial charge in [0.15, 0.2) is 0 Å². The van der Waals surface area contributed by atoms with E-state index in [9.17, 15) is 17.6 Å². The third-order valence-corrected chi connectivity index (χ3v) is 4.64. The molecule has 0 radical (unpaired) electrons. The van der Waals surface area contributed by atoms with Crippen LogP contribution in [-0.4, -0.2) is 51.0 Å². The van der Waals surface area contributed by atoms with Gasteiger partial charge in [0, 0.05) is 13.6 Å². The van der Waals surface area contributed by atoms with Crippen LogP contribution in [0.5, 0.6) is 0 Å². The molecule has 0 unspecified atom stereocenters. The number of carboxylic acid groups (broad SMARTS) is 1. The van der Waals surface area contributed by atoms with Gasteiger partial charge >= 0.3 is 5.97 Å². The van der Waals surface area contributed by atoms with E-state index in [4.69, 9.17) is 5.11 Å². The molecule has 0 fully saturated rings. The maximum absolute atomic E-state index is 13.7. The molecule has 0 heterocycles. The van der Waals surface area contributed by atoms with Crippen molar-refractivity contribution in [2.24, 2.45) is 0 Å². The number of aromatic carboxylic acids is 1. The number of nitrogens with zero attached hydrogens (tertiary/aromatic N) is 1. The normalized spacial score (nSPS) is 11.8. The highest BCUT2D eigenvalue weighted by Crippen LogP contribution is 2.20. The Kier molecular flexibility index (Phi) is 5.61. The van der Waals surface area contributed by atoms with E-state index in [2.05, 4.69) is 5.32 Å². The fraction of sp³-hybridized carbons (Fsp3) is 0.417. The first-order chi connectivity index (χ1) is 9.30. The lowest BCUT2D eigenvalue weighted by molar-refractivity contribution is 0.0696. The Hall–Kier alpha value is -1.51. The predicted octanol–water partition coefficient (Wildman–Crippen LogP) is 0.754. The zero-order valence-electron chi connectivity index (χ0n) is 11.3. The molecule has 0 aliphatic heterocycles. The minimum atomic E-state index is -4.04. The van der Waals surface area contributed by atoms with Crippen LogP contribution in [0.3, 0.4) is 0 Å². The summed E-state index contributed by atoms with van der Waals surface area (Å²) < 4.78 is 39.1. The highest BCUT2D eigenvalue weighted by molar-refractivity contribution is 7.89. The second kappa shape index (κ2) is 6.78. The second-order valence-electron chi connectivity index (χ2n) is 4.23. The van der Waals surface area contributed by atoms with Crippen molar-refractivity contribution in [3.05, 3.63) is 29.6 Å². The first kappa shape index (κ1) is 16.5. The third-order valence-electron chi connectivity index (χ3n) is 2.77. The van der Waals surface area contributed by atoms with E-state index in [-0.39, 0.29) is 12.1 Å². The molecule has 0 saturated carbocycles. The lowest BCUT2D eigenvalue weighted by Crippen LogP contribution is -2.30. The van der Waals surface area contributed by atoms with Crippen molar-refractivity contribution in [1.82, 2.24) is 9.62 Å². The number of sulfonamides is 1. The maximum Gasteiger partial charge on any atom is 0.335 e. The second-order valence-corrected chi connectivity index (χ2v) is 6.25. The van der Waals surface area contributed by atoms with Gasteiger partial charge in [-0.25, -0.2) is 21.9 Å². The quantitative estimate of drug-likeness (QED) is 0.726. The van der Waals surface area contributed by atoms with Crippen molar-refractivity contribution in [2.45, 2.75) is 11.3 Å². The summed E-state index contributed by atoms with van der Waals surface area (Å²) in [5.41, 5.74) is -0.270. The first-order valence-corrected chi connectivity index (χ1v) is 7.38. The molecule has 2 N–H and O–H groups in total. The molecular formula is C12H17FN2O4S. The predicted molar refractivity (Wildman–Crippen MR) is 71.7 cm³/mol. The highest BCUT2D eigenvalue weighted by atomic mass is 32.2. The van der Waals surface area contributed by atoms with Crippen molar-refractivity contribution in [3.63, 3.8) is 0 Å². The number of hydrogen-bond acceptors (Lipinski definition) is 4. The summed E-state index contributed by atoms with van der Waals surface area (Å²) in [7, 11) is -0.967. The Morgan fingerprint density at radius 1 is 1.45 bits per heavy atom. The molecule has 0 atom stereocenters. The molecule has 20 heavy (non-hydrogen) atoms. The van der Waals surface area contributed by atoms with Gasteiger partial charge in [-0.2, -0.15) is 0 Å². The Labute approximate surface area is 117 Å². The fourth-order valence-electron chi connectivity index (χ4n) is 1.60. The molecule has 0 amide bonds. The SMILES string of the molecule is CNCCCN(C)S(=O)(=O)c1cc(C(=O)O)ccc1F. The maximum atomic E-state index is 13.7. The van der Waals surface area contributed by atoms with Gasteiger partial charge in [0.1, 0.15) is 10.7 Å². The Morgan fingerprint density at radius 2 is 2.10 bits per heavy atom. The Balaban J connectivity index is 3.08. The molecule has 1 rings (SSSR count). The monoisotopic (exact) mass is 304 g/mol. The average molecular weight is 304 g/mol. The molecule has 6 nitrogen and oxygen atoms in total. The number of hydrogen-bond donors (Lipinski definition) is 2. The molecular weight excluding hydrogens is 287 g/mol. The van der Waals surface area contributed by atoms with E-state index >= 15 is 0 Å². The van der Waals surface area contributed by atoms with Gasteiger partial charge < -0.3 is 10.4 Å². The summed E-state index contributed by atoms with van der Waals surface area (Å²) in [6.45, 7) is 0.831. The summed E-state index contributed by atoms with van der Waals surface area (Å²) in [4.78, 5) is 10.2. The van der Waals surface area contributed by atoms with Crippen LogP contribution in [0.2, 0.25) is 0 Å². The third kappa shape index (κ3) is 3.75. The topological polar surface area (TPSA) is 86.7 Å². The van der Waals surface area contributed by atoms with Crippen LogP contribution >= 0.6 is 0 Å². The van der Waals surface area contributed by atoms with Crippen molar-refractivity contribution in [3.8, 4) is 0 Å². The molecule has 0 bridgehead atoms. The molecule has 112 valence electrons. The summed E-state index contributed by atoms with van der Waals surface area (Å²) in [5.74, 6) is -2.27. The van der Waals surface area contributed by atoms with E-state index in [1.807, 2.05) is 0 Å². The summed E-state index contributed by atoms with van der Waals surface area (Å²) >= 11 is 0. The van der Waals surface area contributed by atoms with Gasteiger partial charge in [-0.05, 0) is 38.2 Å². The largest absolute Gasteiger partial charge is 0.478 e. The van der Waals surface area contributed by atoms with Gasteiger partial charge in [0.25, 0.3) is 0 Å². The molecule has 1 aromatic rings. The highest BCUT2D eigenvalue weighted by Gasteiger charge is 2.25. The molecule has 1 aromatic carbocycles. The lowest BCUT2D eigenvalue weighted by Gasteiger charge is -2.17. The van der Waals surface area contributed by atoms with Gasteiger partial charge in [-0.15, -0.1) is 0 Å². The van der Waals surface area contributed by atoms with Crippen LogP contribution < -0.4 is 5.32 Å². The van der Waals surface area contributed by atoms with Crippen LogP contribution in [-0.2, 0) is 10.0 Å².